The fraction of sp³-hybridized carbons (Fsp3) is 0.125. The number of aliphatic hydroxyl groups excluding tert-OH is 1. The van der Waals surface area contributed by atoms with E-state index in [2.05, 4.69) is 0 Å². The molecule has 5 heterocycles. The highest BCUT2D eigenvalue weighted by Gasteiger charge is 2.54. The predicted octanol–water partition coefficient (Wildman–Crippen LogP) is 2.37. The minimum Gasteiger partial charge on any atom is -0.504 e. The Kier molecular flexibility index (Phi) is 11.2. The molecule has 0 spiro atoms. The van der Waals surface area contributed by atoms with Gasteiger partial charge in [-0.05, 0) is 18.2 Å². The fourth-order valence-electron chi connectivity index (χ4n) is 9.00. The molecule has 402 valence electrons. The van der Waals surface area contributed by atoms with E-state index >= 15 is 0 Å². The second kappa shape index (κ2) is 17.4. The van der Waals surface area contributed by atoms with Crippen LogP contribution in [-0.2, 0) is 23.7 Å². The molecule has 1 unspecified atom stereocenters. The molecule has 0 saturated heterocycles. The van der Waals surface area contributed by atoms with E-state index in [1.165, 1.54) is 0 Å². The summed E-state index contributed by atoms with van der Waals surface area (Å²) in [6.45, 7) is -1.60. The summed E-state index contributed by atoms with van der Waals surface area (Å²) in [7, 11) is 0. The third-order valence-corrected chi connectivity index (χ3v) is 12.7. The van der Waals surface area contributed by atoms with Crippen molar-refractivity contribution in [2.45, 2.75) is 30.5 Å². The number of fused-ring (bicyclic) bond motifs is 10. The van der Waals surface area contributed by atoms with Crippen molar-refractivity contribution in [2.24, 2.45) is 0 Å². The van der Waals surface area contributed by atoms with E-state index in [0.29, 0.717) is 30.3 Å². The number of phenols is 16. The number of aromatic hydroxyl groups is 16. The largest absolute Gasteiger partial charge is 0.504 e. The zero-order chi connectivity index (χ0) is 56.6. The third-order valence-electron chi connectivity index (χ3n) is 12.7. The Morgan fingerprint density at radius 3 is 1.47 bits per heavy atom. The SMILES string of the molecule is O=C(O[C@H]1COC(=O)c2cc3c(O)c(O)c2-c2c(cc(O)c(O)c2O)C(=O)O[C@@H]1[C@H]1OC(=O)c2cc(c(O)c(O)c2-c2c(O)c(O)c(O)c4c2C(=O)O[C@@H]1C4O)OC(=O)c1cc(O)c(O)c(O)c1O3)c1cc(O)c(O)c(O)c1. The van der Waals surface area contributed by atoms with Gasteiger partial charge < -0.3 is 120 Å². The molecule has 5 aliphatic rings. The number of carbonyl (C=O) groups is 6. The summed E-state index contributed by atoms with van der Waals surface area (Å²) in [6.07, 6.45) is -13.9. The van der Waals surface area contributed by atoms with Gasteiger partial charge >= 0.3 is 35.8 Å². The molecule has 0 saturated carbocycles. The number of benzene rings is 6. The van der Waals surface area contributed by atoms with E-state index in [1.807, 2.05) is 0 Å². The van der Waals surface area contributed by atoms with Gasteiger partial charge in [-0.15, -0.1) is 0 Å². The summed E-state index contributed by atoms with van der Waals surface area (Å²) in [4.78, 5) is 87.3. The van der Waals surface area contributed by atoms with Crippen molar-refractivity contribution < 1.29 is 149 Å². The molecule has 0 radical (unpaired) electrons. The molecule has 6 aromatic rings. The number of hydrogen-bond donors (Lipinski definition) is 17. The van der Waals surface area contributed by atoms with Crippen molar-refractivity contribution in [2.75, 3.05) is 6.61 Å². The Hall–Kier alpha value is -11.3. The van der Waals surface area contributed by atoms with Crippen LogP contribution in [-0.4, -0.2) is 154 Å². The topological polar surface area (TPSA) is 511 Å². The number of phenolic OH excluding ortho intramolecular Hbond substituents is 16. The lowest BCUT2D eigenvalue weighted by atomic mass is 9.82. The first-order chi connectivity index (χ1) is 36.7. The highest BCUT2D eigenvalue weighted by Crippen LogP contribution is 2.59. The van der Waals surface area contributed by atoms with Gasteiger partial charge in [-0.25, -0.2) is 28.8 Å². The third kappa shape index (κ3) is 7.30. The summed E-state index contributed by atoms with van der Waals surface area (Å²) < 4.78 is 38.9. The number of aliphatic hydroxyl groups is 1. The van der Waals surface area contributed by atoms with Gasteiger partial charge in [0.1, 0.15) is 18.3 Å². The Balaban J connectivity index is 1.35. The summed E-state index contributed by atoms with van der Waals surface area (Å²) in [5.41, 5.74) is -13.4. The number of ether oxygens (including phenoxy) is 7. The van der Waals surface area contributed by atoms with Crippen LogP contribution in [0.25, 0.3) is 22.3 Å². The lowest BCUT2D eigenvalue weighted by Crippen LogP contribution is -2.56. The first kappa shape index (κ1) is 50.2. The molecule has 0 aliphatic carbocycles. The molecule has 5 aliphatic heterocycles. The highest BCUT2D eigenvalue weighted by atomic mass is 16.6. The molecule has 0 amide bonds. The smallest absolute Gasteiger partial charge is 0.347 e. The predicted molar refractivity (Wildman–Crippen MR) is 240 cm³/mol. The molecular formula is C48H30O30. The summed E-state index contributed by atoms with van der Waals surface area (Å²) in [6, 6.07) is 2.25. The van der Waals surface area contributed by atoms with E-state index in [0.717, 1.165) is 0 Å². The van der Waals surface area contributed by atoms with Crippen LogP contribution in [0.1, 0.15) is 73.8 Å². The fourth-order valence-corrected chi connectivity index (χ4v) is 9.00. The summed E-state index contributed by atoms with van der Waals surface area (Å²) >= 11 is 0. The molecule has 5 atom stereocenters. The summed E-state index contributed by atoms with van der Waals surface area (Å²) in [5.74, 6) is -39.3. The molecule has 6 aromatic carbocycles. The summed E-state index contributed by atoms with van der Waals surface area (Å²) in [5, 5.41) is 188. The minimum atomic E-state index is -2.89. The molecule has 0 aromatic heterocycles. The van der Waals surface area contributed by atoms with Crippen molar-refractivity contribution in [3.05, 3.63) is 75.3 Å². The molecule has 0 fully saturated rings. The van der Waals surface area contributed by atoms with Crippen molar-refractivity contribution in [1.29, 1.82) is 0 Å². The second-order valence-electron chi connectivity index (χ2n) is 17.1. The highest BCUT2D eigenvalue weighted by molar-refractivity contribution is 6.11. The van der Waals surface area contributed by atoms with E-state index in [1.54, 1.807) is 0 Å². The van der Waals surface area contributed by atoms with Gasteiger partial charge in [-0.3, -0.25) is 0 Å². The molecule has 17 N–H and O–H groups in total. The molecule has 11 rings (SSSR count). The Labute approximate surface area is 427 Å². The Bertz CT molecular complexity index is 3760. The van der Waals surface area contributed by atoms with E-state index in [4.69, 9.17) is 33.2 Å². The minimum absolute atomic E-state index is 0.286. The van der Waals surface area contributed by atoms with Crippen molar-refractivity contribution in [3.63, 3.8) is 0 Å². The van der Waals surface area contributed by atoms with Crippen LogP contribution in [0.2, 0.25) is 0 Å². The van der Waals surface area contributed by atoms with E-state index in [-0.39, 0.29) is 6.07 Å². The average Bonchev–Trinajstić information content (AvgIpc) is 3.54. The van der Waals surface area contributed by atoms with Crippen LogP contribution in [0.3, 0.4) is 0 Å². The van der Waals surface area contributed by atoms with Crippen LogP contribution >= 0.6 is 0 Å². The second-order valence-corrected chi connectivity index (χ2v) is 17.1. The standard InChI is InChI=1S/C48H30O30/c49-13-1-8(2-14(50)26(13)53)43(66)75-19-7-72-44(67)10-5-17-29(56)32(59)21(10)20-9(3-15(51)27(54)31(20)58)45(68)76-40(19)42-41-36(63)25-24(48(71)77-41)23(34(61)37(64)35(25)62)22-11(46(69)78-42)6-18(30(57)33(22)60)74-47(70)12-4-16(52)28(55)38(65)39(12)73-17/h1-6,19,36,40-42,49-65H,7H2/t19-,36?,40-,41+,42+/m0/s1. The quantitative estimate of drug-likeness (QED) is 0.0512. The Morgan fingerprint density at radius 2 is 0.872 bits per heavy atom. The van der Waals surface area contributed by atoms with Crippen molar-refractivity contribution >= 4 is 35.8 Å². The lowest BCUT2D eigenvalue weighted by molar-refractivity contribution is -0.154. The van der Waals surface area contributed by atoms with Gasteiger partial charge in [0.05, 0.1) is 27.8 Å². The maximum absolute atomic E-state index is 15.0. The molecule has 30 heteroatoms. The van der Waals surface area contributed by atoms with Gasteiger partial charge in [0.2, 0.25) is 34.5 Å². The van der Waals surface area contributed by atoms with Gasteiger partial charge in [0, 0.05) is 46.0 Å². The normalized spacial score (nSPS) is 19.2. The van der Waals surface area contributed by atoms with Gasteiger partial charge in [0.15, 0.2) is 99.2 Å². The van der Waals surface area contributed by atoms with Crippen LogP contribution in [0.4, 0.5) is 0 Å². The van der Waals surface area contributed by atoms with Gasteiger partial charge in [-0.2, -0.15) is 0 Å². The van der Waals surface area contributed by atoms with Crippen LogP contribution in [0, 0.1) is 0 Å². The zero-order valence-corrected chi connectivity index (χ0v) is 38.0. The average molecular weight is 1090 g/mol. The molecule has 78 heavy (non-hydrogen) atoms. The maximum atomic E-state index is 15.0. The number of carbonyl (C=O) groups excluding carboxylic acids is 6. The van der Waals surface area contributed by atoms with E-state index in [9.17, 15) is 116 Å². The van der Waals surface area contributed by atoms with Crippen LogP contribution < -0.4 is 9.47 Å². The molecule has 10 bridgehead atoms. The first-order valence-corrected chi connectivity index (χ1v) is 21.6. The maximum Gasteiger partial charge on any atom is 0.347 e. The number of hydrogen-bond acceptors (Lipinski definition) is 30. The van der Waals surface area contributed by atoms with Gasteiger partial charge in [0.25, 0.3) is 0 Å². The van der Waals surface area contributed by atoms with Crippen molar-refractivity contribution in [3.8, 4) is 131 Å². The molecule has 30 nitrogen and oxygen atoms in total. The number of esters is 6. The van der Waals surface area contributed by atoms with Crippen LogP contribution in [0.15, 0.2) is 36.4 Å². The van der Waals surface area contributed by atoms with Gasteiger partial charge in [-0.1, -0.05) is 0 Å². The van der Waals surface area contributed by atoms with E-state index < -0.39 is 243 Å². The number of rotatable bonds is 2. The zero-order valence-electron chi connectivity index (χ0n) is 38.0. The monoisotopic (exact) mass is 1090 g/mol. The Morgan fingerprint density at radius 1 is 0.410 bits per heavy atom. The molecular weight excluding hydrogens is 1060 g/mol. The van der Waals surface area contributed by atoms with Crippen molar-refractivity contribution in [1.82, 2.24) is 0 Å². The lowest BCUT2D eigenvalue weighted by Gasteiger charge is -2.40. The first-order valence-electron chi connectivity index (χ1n) is 21.6. The van der Waals surface area contributed by atoms with Crippen LogP contribution in [0.5, 0.6) is 109 Å².